The van der Waals surface area contributed by atoms with Gasteiger partial charge in [-0.3, -0.25) is 30.6 Å². The third kappa shape index (κ3) is 5.78. The average molecular weight is 398 g/mol. The molecule has 4 N–H and O–H groups in total. The third-order valence-corrected chi connectivity index (χ3v) is 4.04. The maximum Gasteiger partial charge on any atom is 0.269 e. The summed E-state index contributed by atoms with van der Waals surface area (Å²) in [7, 11) is 0. The Hall–Kier alpha value is -3.46. The van der Waals surface area contributed by atoms with Gasteiger partial charge in [-0.2, -0.15) is 0 Å². The number of rotatable bonds is 5. The topological polar surface area (TPSA) is 112 Å². The first kappa shape index (κ1) is 19.3. The van der Waals surface area contributed by atoms with Gasteiger partial charge in [0, 0.05) is 23.2 Å². The molecule has 1 aliphatic carbocycles. The molecule has 0 bridgehead atoms. The molecule has 1 heterocycles. The normalized spacial score (nSPS) is 13.0. The fourth-order valence-corrected chi connectivity index (χ4v) is 2.36. The fourth-order valence-electron chi connectivity index (χ4n) is 2.21. The number of hydrogen-bond donors (Lipinski definition) is 4. The van der Waals surface area contributed by atoms with Crippen molar-refractivity contribution in [2.24, 2.45) is 5.92 Å². The molecule has 0 atom stereocenters. The maximum absolute atomic E-state index is 12.1. The average Bonchev–Trinajstić information content (AvgIpc) is 3.41. The van der Waals surface area contributed by atoms with E-state index in [1.54, 1.807) is 36.4 Å². The lowest BCUT2D eigenvalue weighted by Gasteiger charge is -2.10. The van der Waals surface area contributed by atoms with Gasteiger partial charge in [0.2, 0.25) is 11.8 Å². The Morgan fingerprint density at radius 2 is 1.82 bits per heavy atom. The molecular formula is C19H18N4O4S. The van der Waals surface area contributed by atoms with E-state index in [4.69, 9.17) is 16.6 Å². The number of hydrogen-bond acceptors (Lipinski definition) is 5. The Kier molecular flexibility index (Phi) is 6.18. The zero-order valence-electron chi connectivity index (χ0n) is 14.7. The molecule has 1 fully saturated rings. The minimum absolute atomic E-state index is 0.000977. The Morgan fingerprint density at radius 1 is 1.07 bits per heavy atom. The van der Waals surface area contributed by atoms with E-state index in [1.807, 2.05) is 0 Å². The Bertz CT molecular complexity index is 903. The van der Waals surface area contributed by atoms with Crippen LogP contribution in [0.15, 0.2) is 53.2 Å². The molecule has 1 saturated carbocycles. The molecule has 8 nitrogen and oxygen atoms in total. The van der Waals surface area contributed by atoms with E-state index in [0.717, 1.165) is 12.8 Å². The summed E-state index contributed by atoms with van der Waals surface area (Å²) in [5, 5.41) is 5.12. The number of carbonyl (C=O) groups is 3. The van der Waals surface area contributed by atoms with E-state index >= 15 is 0 Å². The summed E-state index contributed by atoms with van der Waals surface area (Å²) in [5.74, 6) is -0.279. The van der Waals surface area contributed by atoms with Crippen LogP contribution in [0.5, 0.6) is 0 Å². The van der Waals surface area contributed by atoms with Gasteiger partial charge in [-0.05, 0) is 67.5 Å². The van der Waals surface area contributed by atoms with Crippen molar-refractivity contribution >= 4 is 46.8 Å². The second-order valence-corrected chi connectivity index (χ2v) is 6.50. The first-order valence-electron chi connectivity index (χ1n) is 8.55. The second-order valence-electron chi connectivity index (χ2n) is 6.09. The summed E-state index contributed by atoms with van der Waals surface area (Å²) < 4.78 is 5.07. The molecule has 144 valence electrons. The zero-order chi connectivity index (χ0) is 19.9. The van der Waals surface area contributed by atoms with Crippen molar-refractivity contribution in [2.45, 2.75) is 12.8 Å². The van der Waals surface area contributed by atoms with Crippen LogP contribution in [-0.4, -0.2) is 22.8 Å². The van der Waals surface area contributed by atoms with Crippen molar-refractivity contribution in [3.05, 3.63) is 60.1 Å². The minimum atomic E-state index is -0.473. The highest BCUT2D eigenvalue weighted by Gasteiger charge is 2.29. The van der Waals surface area contributed by atoms with Crippen LogP contribution in [0.1, 0.15) is 29.0 Å². The summed E-state index contributed by atoms with van der Waals surface area (Å²) in [6.07, 6.45) is 6.08. The number of carbonyl (C=O) groups excluding carboxylic acids is 3. The molecule has 3 amide bonds. The molecule has 2 aromatic rings. The van der Waals surface area contributed by atoms with Gasteiger partial charge < -0.3 is 9.73 Å². The first-order chi connectivity index (χ1) is 13.5. The number of hydrazine groups is 1. The predicted molar refractivity (Wildman–Crippen MR) is 107 cm³/mol. The number of anilines is 1. The van der Waals surface area contributed by atoms with Gasteiger partial charge in [0.1, 0.15) is 5.76 Å². The Balaban J connectivity index is 1.42. The van der Waals surface area contributed by atoms with Gasteiger partial charge in [0.25, 0.3) is 5.91 Å². The summed E-state index contributed by atoms with van der Waals surface area (Å²) in [5.41, 5.74) is 5.83. The maximum atomic E-state index is 12.1. The molecule has 3 rings (SSSR count). The molecule has 0 unspecified atom stereocenters. The van der Waals surface area contributed by atoms with Gasteiger partial charge in [0.15, 0.2) is 5.11 Å². The summed E-state index contributed by atoms with van der Waals surface area (Å²) in [6, 6.07) is 9.85. The van der Waals surface area contributed by atoms with E-state index in [0.29, 0.717) is 17.0 Å². The molecule has 0 radical (unpaired) electrons. The molecule has 1 aliphatic rings. The second kappa shape index (κ2) is 8.96. The van der Waals surface area contributed by atoms with Gasteiger partial charge in [-0.15, -0.1) is 0 Å². The Morgan fingerprint density at radius 3 is 2.46 bits per heavy atom. The number of benzene rings is 1. The number of furan rings is 1. The lowest BCUT2D eigenvalue weighted by molar-refractivity contribution is -0.117. The monoisotopic (exact) mass is 398 g/mol. The van der Waals surface area contributed by atoms with E-state index < -0.39 is 11.8 Å². The smallest absolute Gasteiger partial charge is 0.269 e. The lowest BCUT2D eigenvalue weighted by atomic mass is 10.2. The first-order valence-corrected chi connectivity index (χ1v) is 8.96. The van der Waals surface area contributed by atoms with Crippen LogP contribution >= 0.6 is 12.2 Å². The highest BCUT2D eigenvalue weighted by molar-refractivity contribution is 7.80. The van der Waals surface area contributed by atoms with E-state index in [2.05, 4.69) is 21.5 Å². The molecular weight excluding hydrogens is 380 g/mol. The largest absolute Gasteiger partial charge is 0.465 e. The number of nitrogens with one attached hydrogen (secondary N) is 4. The van der Waals surface area contributed by atoms with Crippen molar-refractivity contribution in [1.82, 2.24) is 16.2 Å². The van der Waals surface area contributed by atoms with Crippen molar-refractivity contribution in [3.63, 3.8) is 0 Å². The minimum Gasteiger partial charge on any atom is -0.465 e. The molecule has 0 saturated heterocycles. The summed E-state index contributed by atoms with van der Waals surface area (Å²) in [4.78, 5) is 35.5. The molecule has 0 spiro atoms. The molecule has 1 aromatic carbocycles. The van der Waals surface area contributed by atoms with Crippen LogP contribution in [0.2, 0.25) is 0 Å². The summed E-state index contributed by atoms with van der Waals surface area (Å²) >= 11 is 4.95. The SMILES string of the molecule is O=C(C=Cc1ccco1)NC(=S)NNC(=O)c1ccc(NC(=O)C2CC2)cc1. The number of thiocarbonyl (C=S) groups is 1. The van der Waals surface area contributed by atoms with Crippen LogP contribution in [0.3, 0.4) is 0 Å². The van der Waals surface area contributed by atoms with Crippen LogP contribution in [0, 0.1) is 5.92 Å². The van der Waals surface area contributed by atoms with Crippen molar-refractivity contribution in [3.8, 4) is 0 Å². The van der Waals surface area contributed by atoms with Crippen LogP contribution in [-0.2, 0) is 9.59 Å². The van der Waals surface area contributed by atoms with Gasteiger partial charge in [-0.1, -0.05) is 0 Å². The fraction of sp³-hybridized carbons (Fsp3) is 0.158. The van der Waals surface area contributed by atoms with Crippen molar-refractivity contribution < 1.29 is 18.8 Å². The molecule has 0 aliphatic heterocycles. The quantitative estimate of drug-likeness (QED) is 0.348. The van der Waals surface area contributed by atoms with E-state index in [-0.39, 0.29) is 16.9 Å². The lowest BCUT2D eigenvalue weighted by Crippen LogP contribution is -2.48. The summed E-state index contributed by atoms with van der Waals surface area (Å²) in [6.45, 7) is 0. The third-order valence-electron chi connectivity index (χ3n) is 3.83. The van der Waals surface area contributed by atoms with Crippen molar-refractivity contribution in [1.29, 1.82) is 0 Å². The molecule has 1 aromatic heterocycles. The van der Waals surface area contributed by atoms with Gasteiger partial charge in [0.05, 0.1) is 6.26 Å². The molecule has 28 heavy (non-hydrogen) atoms. The van der Waals surface area contributed by atoms with Gasteiger partial charge >= 0.3 is 0 Å². The van der Waals surface area contributed by atoms with Crippen molar-refractivity contribution in [2.75, 3.05) is 5.32 Å². The highest BCUT2D eigenvalue weighted by Crippen LogP contribution is 2.30. The predicted octanol–water partition coefficient (Wildman–Crippen LogP) is 1.98. The standard InChI is InChI=1S/C19H18N4O4S/c24-16(10-9-15-2-1-11-27-15)21-19(28)23-22-18(26)13-5-7-14(8-6-13)20-17(25)12-3-4-12/h1-2,5-12H,3-4H2,(H,20,25)(H,22,26)(H2,21,23,24,28). The highest BCUT2D eigenvalue weighted by atomic mass is 32.1. The zero-order valence-corrected chi connectivity index (χ0v) is 15.5. The van der Waals surface area contributed by atoms with E-state index in [1.165, 1.54) is 18.4 Å². The Labute approximate surface area is 166 Å². The van der Waals surface area contributed by atoms with Crippen LogP contribution in [0.25, 0.3) is 6.08 Å². The van der Waals surface area contributed by atoms with Gasteiger partial charge in [-0.25, -0.2) is 0 Å². The van der Waals surface area contributed by atoms with Crippen LogP contribution in [0.4, 0.5) is 5.69 Å². The molecule has 9 heteroatoms. The van der Waals surface area contributed by atoms with Crippen LogP contribution < -0.4 is 21.5 Å². The van der Waals surface area contributed by atoms with E-state index in [9.17, 15) is 14.4 Å². The number of amides is 3.